The molecule has 8 nitrogen and oxygen atoms in total. The Morgan fingerprint density at radius 3 is 2.86 bits per heavy atom. The van der Waals surface area contributed by atoms with Gasteiger partial charge in [-0.05, 0) is 36.2 Å². The summed E-state index contributed by atoms with van der Waals surface area (Å²) in [5.74, 6) is 0.598. The van der Waals surface area contributed by atoms with E-state index in [9.17, 15) is 4.79 Å². The average Bonchev–Trinajstić information content (AvgIpc) is 3.40. The molecule has 0 aliphatic rings. The largest absolute Gasteiger partial charge is 0.497 e. The average molecular weight is 388 g/mol. The highest BCUT2D eigenvalue weighted by molar-refractivity contribution is 6.02. The summed E-state index contributed by atoms with van der Waals surface area (Å²) in [4.78, 5) is 16.7. The highest BCUT2D eigenvalue weighted by atomic mass is 16.5. The summed E-state index contributed by atoms with van der Waals surface area (Å²) in [6, 6.07) is 17.2. The molecule has 2 aromatic carbocycles. The molecule has 0 fully saturated rings. The molecule has 0 saturated carbocycles. The van der Waals surface area contributed by atoms with Crippen molar-refractivity contribution in [3.63, 3.8) is 0 Å². The number of methoxy groups -OCH3 is 1. The topological polar surface area (TPSA) is 97.7 Å². The van der Waals surface area contributed by atoms with E-state index in [0.717, 1.165) is 16.9 Å². The molecule has 1 amide bonds. The van der Waals surface area contributed by atoms with E-state index < -0.39 is 0 Å². The van der Waals surface area contributed by atoms with E-state index in [0.29, 0.717) is 17.9 Å². The maximum atomic E-state index is 12.5. The number of carbonyl (C=O) groups excluding carboxylic acids is 1. The standard InChI is InChI=1S/C21H20N6O2/c1-14-6-3-4-7-16(14)12-27-13-22-21(26-27)23-20(28)19-11-18(24-25-19)15-8-5-9-17(10-15)29-2/h3-11,13H,12H2,1-2H3,(H,24,25)(H,23,26,28). The van der Waals surface area contributed by atoms with Crippen LogP contribution < -0.4 is 10.1 Å². The van der Waals surface area contributed by atoms with Crippen LogP contribution in [0.25, 0.3) is 11.3 Å². The molecule has 2 aromatic heterocycles. The number of nitrogens with zero attached hydrogens (tertiary/aromatic N) is 4. The van der Waals surface area contributed by atoms with Gasteiger partial charge < -0.3 is 4.74 Å². The summed E-state index contributed by atoms with van der Waals surface area (Å²) in [6.45, 7) is 2.63. The van der Waals surface area contributed by atoms with Gasteiger partial charge in [-0.25, -0.2) is 9.67 Å². The molecule has 0 aliphatic heterocycles. The maximum Gasteiger partial charge on any atom is 0.276 e. The maximum absolute atomic E-state index is 12.5. The highest BCUT2D eigenvalue weighted by Crippen LogP contribution is 2.22. The minimum absolute atomic E-state index is 0.237. The summed E-state index contributed by atoms with van der Waals surface area (Å²) in [7, 11) is 1.60. The predicted octanol–water partition coefficient (Wildman–Crippen LogP) is 3.29. The van der Waals surface area contributed by atoms with E-state index in [4.69, 9.17) is 4.74 Å². The first-order valence-electron chi connectivity index (χ1n) is 9.07. The fraction of sp³-hybridized carbons (Fsp3) is 0.143. The Labute approximate surface area is 167 Å². The van der Waals surface area contributed by atoms with Crippen molar-refractivity contribution in [3.05, 3.63) is 77.7 Å². The van der Waals surface area contributed by atoms with Gasteiger partial charge in [0, 0.05) is 5.56 Å². The minimum Gasteiger partial charge on any atom is -0.497 e. The second kappa shape index (κ2) is 7.97. The molecule has 0 spiro atoms. The monoisotopic (exact) mass is 388 g/mol. The van der Waals surface area contributed by atoms with Crippen LogP contribution in [0.4, 0.5) is 5.95 Å². The molecule has 2 N–H and O–H groups in total. The van der Waals surface area contributed by atoms with Crippen molar-refractivity contribution in [2.24, 2.45) is 0 Å². The molecule has 2 heterocycles. The number of aryl methyl sites for hydroxylation is 1. The lowest BCUT2D eigenvalue weighted by molar-refractivity contribution is 0.102. The molecule has 0 radical (unpaired) electrons. The van der Waals surface area contributed by atoms with Crippen LogP contribution in [-0.4, -0.2) is 38.0 Å². The normalized spacial score (nSPS) is 10.7. The van der Waals surface area contributed by atoms with E-state index in [-0.39, 0.29) is 11.9 Å². The van der Waals surface area contributed by atoms with Gasteiger partial charge in [0.05, 0.1) is 19.3 Å². The van der Waals surface area contributed by atoms with Crippen molar-refractivity contribution in [3.8, 4) is 17.0 Å². The van der Waals surface area contributed by atoms with Crippen LogP contribution in [-0.2, 0) is 6.54 Å². The first-order valence-corrected chi connectivity index (χ1v) is 9.07. The Kier molecular flexibility index (Phi) is 5.07. The molecule has 29 heavy (non-hydrogen) atoms. The number of ether oxygens (including phenoxy) is 1. The van der Waals surface area contributed by atoms with Crippen LogP contribution in [0.2, 0.25) is 0 Å². The minimum atomic E-state index is -0.361. The van der Waals surface area contributed by atoms with Gasteiger partial charge in [-0.3, -0.25) is 15.2 Å². The fourth-order valence-electron chi connectivity index (χ4n) is 2.93. The molecule has 4 rings (SSSR count). The van der Waals surface area contributed by atoms with E-state index in [1.165, 1.54) is 5.56 Å². The quantitative estimate of drug-likeness (QED) is 0.528. The van der Waals surface area contributed by atoms with Crippen molar-refractivity contribution in [1.29, 1.82) is 0 Å². The number of nitrogens with one attached hydrogen (secondary N) is 2. The third kappa shape index (κ3) is 4.16. The lowest BCUT2D eigenvalue weighted by Gasteiger charge is -2.04. The number of benzene rings is 2. The van der Waals surface area contributed by atoms with E-state index >= 15 is 0 Å². The number of H-pyrrole nitrogens is 1. The van der Waals surface area contributed by atoms with E-state index in [1.807, 2.05) is 55.5 Å². The summed E-state index contributed by atoms with van der Waals surface area (Å²) in [6.07, 6.45) is 1.59. The highest BCUT2D eigenvalue weighted by Gasteiger charge is 2.14. The summed E-state index contributed by atoms with van der Waals surface area (Å²) in [5.41, 5.74) is 4.13. The van der Waals surface area contributed by atoms with Crippen molar-refractivity contribution in [2.45, 2.75) is 13.5 Å². The van der Waals surface area contributed by atoms with Gasteiger partial charge in [0.1, 0.15) is 17.8 Å². The van der Waals surface area contributed by atoms with Crippen molar-refractivity contribution in [2.75, 3.05) is 12.4 Å². The smallest absolute Gasteiger partial charge is 0.276 e. The third-order valence-electron chi connectivity index (χ3n) is 4.54. The number of carbonyl (C=O) groups is 1. The van der Waals surface area contributed by atoms with Crippen LogP contribution >= 0.6 is 0 Å². The lowest BCUT2D eigenvalue weighted by Crippen LogP contribution is -2.14. The number of amides is 1. The van der Waals surface area contributed by atoms with E-state index in [1.54, 1.807) is 24.2 Å². The van der Waals surface area contributed by atoms with Crippen LogP contribution in [0.15, 0.2) is 60.9 Å². The van der Waals surface area contributed by atoms with Gasteiger partial charge in [-0.1, -0.05) is 36.4 Å². The Bertz CT molecular complexity index is 1150. The Morgan fingerprint density at radius 1 is 1.17 bits per heavy atom. The number of rotatable bonds is 6. The molecule has 4 aromatic rings. The fourth-order valence-corrected chi connectivity index (χ4v) is 2.93. The molecule has 0 bridgehead atoms. The Hall–Kier alpha value is -3.94. The van der Waals surface area contributed by atoms with Gasteiger partial charge in [-0.15, -0.1) is 5.10 Å². The molecule has 0 atom stereocenters. The molecule has 0 saturated heterocycles. The van der Waals surface area contributed by atoms with Crippen LogP contribution in [0.3, 0.4) is 0 Å². The summed E-state index contributed by atoms with van der Waals surface area (Å²) in [5, 5.41) is 14.0. The zero-order valence-electron chi connectivity index (χ0n) is 16.1. The summed E-state index contributed by atoms with van der Waals surface area (Å²) >= 11 is 0. The first kappa shape index (κ1) is 18.4. The number of aromatic nitrogens is 5. The molecule has 0 aliphatic carbocycles. The van der Waals surface area contributed by atoms with Crippen molar-refractivity contribution in [1.82, 2.24) is 25.0 Å². The number of anilines is 1. The Morgan fingerprint density at radius 2 is 2.03 bits per heavy atom. The Balaban J connectivity index is 1.44. The SMILES string of the molecule is COc1cccc(-c2cc(C(=O)Nc3ncn(Cc4ccccc4C)n3)[nH]n2)c1. The molecule has 146 valence electrons. The predicted molar refractivity (Wildman–Crippen MR) is 109 cm³/mol. The zero-order valence-corrected chi connectivity index (χ0v) is 16.1. The van der Waals surface area contributed by atoms with E-state index in [2.05, 4.69) is 25.6 Å². The van der Waals surface area contributed by atoms with Crippen molar-refractivity contribution >= 4 is 11.9 Å². The van der Waals surface area contributed by atoms with Gasteiger partial charge in [-0.2, -0.15) is 5.10 Å². The van der Waals surface area contributed by atoms with Crippen LogP contribution in [0.5, 0.6) is 5.75 Å². The second-order valence-electron chi connectivity index (χ2n) is 6.55. The third-order valence-corrected chi connectivity index (χ3v) is 4.54. The van der Waals surface area contributed by atoms with Gasteiger partial charge in [0.25, 0.3) is 5.91 Å². The second-order valence-corrected chi connectivity index (χ2v) is 6.55. The van der Waals surface area contributed by atoms with Gasteiger partial charge in [0.2, 0.25) is 5.95 Å². The van der Waals surface area contributed by atoms with Crippen LogP contribution in [0, 0.1) is 6.92 Å². The zero-order chi connectivity index (χ0) is 20.2. The summed E-state index contributed by atoms with van der Waals surface area (Å²) < 4.78 is 6.91. The first-order chi connectivity index (χ1) is 14.1. The lowest BCUT2D eigenvalue weighted by atomic mass is 10.1. The molecule has 0 unspecified atom stereocenters. The van der Waals surface area contributed by atoms with Gasteiger partial charge in [0.15, 0.2) is 0 Å². The van der Waals surface area contributed by atoms with Crippen molar-refractivity contribution < 1.29 is 9.53 Å². The number of aromatic amines is 1. The molecule has 8 heteroatoms. The van der Waals surface area contributed by atoms with Crippen LogP contribution in [0.1, 0.15) is 21.6 Å². The van der Waals surface area contributed by atoms with Gasteiger partial charge >= 0.3 is 0 Å². The number of hydrogen-bond acceptors (Lipinski definition) is 5. The molecular formula is C21H20N6O2. The molecular weight excluding hydrogens is 368 g/mol. The number of hydrogen-bond donors (Lipinski definition) is 2.